The molecule has 0 atom stereocenters. The summed E-state index contributed by atoms with van der Waals surface area (Å²) in [5.74, 6) is -0.316. The Morgan fingerprint density at radius 2 is 2.29 bits per heavy atom. The van der Waals surface area contributed by atoms with Crippen LogP contribution in [0.3, 0.4) is 0 Å². The van der Waals surface area contributed by atoms with Crippen molar-refractivity contribution >= 4 is 5.69 Å². The quantitative estimate of drug-likeness (QED) is 0.772. The first-order valence-electron chi connectivity index (χ1n) is 4.27. The summed E-state index contributed by atoms with van der Waals surface area (Å²) in [4.78, 5) is 0. The van der Waals surface area contributed by atoms with Crippen molar-refractivity contribution in [3.8, 4) is 6.07 Å². The van der Waals surface area contributed by atoms with Crippen LogP contribution in [0.4, 0.5) is 10.1 Å². The second-order valence-electron chi connectivity index (χ2n) is 3.32. The van der Waals surface area contributed by atoms with E-state index < -0.39 is 5.54 Å². The van der Waals surface area contributed by atoms with Gasteiger partial charge in [-0.3, -0.25) is 0 Å². The zero-order valence-electron chi connectivity index (χ0n) is 7.46. The molecule has 0 amide bonds. The Kier molecular flexibility index (Phi) is 2.10. The third kappa shape index (κ3) is 1.54. The molecule has 1 fully saturated rings. The Bertz CT molecular complexity index is 382. The van der Waals surface area contributed by atoms with Crippen LogP contribution in [0.1, 0.15) is 0 Å². The normalized spacial score (nSPS) is 18.0. The third-order valence-electron chi connectivity index (χ3n) is 2.12. The van der Waals surface area contributed by atoms with Gasteiger partial charge in [0.15, 0.2) is 5.54 Å². The number of nitriles is 1. The average Bonchev–Trinajstić information content (AvgIpc) is 2.11. The molecule has 1 aromatic carbocycles. The van der Waals surface area contributed by atoms with E-state index in [0.717, 1.165) is 0 Å². The highest BCUT2D eigenvalue weighted by Gasteiger charge is 2.38. The minimum Gasteiger partial charge on any atom is -0.374 e. The van der Waals surface area contributed by atoms with Gasteiger partial charge in [0.25, 0.3) is 0 Å². The maximum absolute atomic E-state index is 12.8. The third-order valence-corrected chi connectivity index (χ3v) is 2.12. The van der Waals surface area contributed by atoms with E-state index in [1.54, 1.807) is 12.1 Å². The SMILES string of the molecule is N#CC1(Nc2cccc(F)c2)COC1. The topological polar surface area (TPSA) is 45.0 Å². The molecule has 0 saturated carbocycles. The van der Waals surface area contributed by atoms with E-state index in [0.29, 0.717) is 18.9 Å². The molecule has 4 heteroatoms. The average molecular weight is 192 g/mol. The summed E-state index contributed by atoms with van der Waals surface area (Å²) in [5, 5.41) is 11.8. The zero-order chi connectivity index (χ0) is 10.0. The lowest BCUT2D eigenvalue weighted by atomic mass is 9.99. The van der Waals surface area contributed by atoms with Gasteiger partial charge in [0.05, 0.1) is 19.3 Å². The molecule has 2 rings (SSSR count). The molecular weight excluding hydrogens is 183 g/mol. The standard InChI is InChI=1S/C10H9FN2O/c11-8-2-1-3-9(4-8)13-10(5-12)6-14-7-10/h1-4,13H,6-7H2. The smallest absolute Gasteiger partial charge is 0.172 e. The van der Waals surface area contributed by atoms with Gasteiger partial charge >= 0.3 is 0 Å². The summed E-state index contributed by atoms with van der Waals surface area (Å²) < 4.78 is 17.8. The second kappa shape index (κ2) is 3.28. The molecule has 3 nitrogen and oxygen atoms in total. The molecule has 1 aliphatic heterocycles. The van der Waals surface area contributed by atoms with Crippen LogP contribution in [0, 0.1) is 17.1 Å². The van der Waals surface area contributed by atoms with Gasteiger partial charge in [0.2, 0.25) is 0 Å². The highest BCUT2D eigenvalue weighted by molar-refractivity contribution is 5.48. The number of anilines is 1. The van der Waals surface area contributed by atoms with E-state index in [-0.39, 0.29) is 5.82 Å². The molecule has 1 N–H and O–H groups in total. The van der Waals surface area contributed by atoms with Crippen LogP contribution in [0.5, 0.6) is 0 Å². The van der Waals surface area contributed by atoms with E-state index in [2.05, 4.69) is 11.4 Å². The van der Waals surface area contributed by atoms with Crippen LogP contribution in [-0.4, -0.2) is 18.8 Å². The lowest BCUT2D eigenvalue weighted by Crippen LogP contribution is -2.54. The van der Waals surface area contributed by atoms with Gasteiger partial charge in [0, 0.05) is 5.69 Å². The summed E-state index contributed by atoms with van der Waals surface area (Å²) in [7, 11) is 0. The molecule has 14 heavy (non-hydrogen) atoms. The number of rotatable bonds is 2. The van der Waals surface area contributed by atoms with Crippen molar-refractivity contribution < 1.29 is 9.13 Å². The second-order valence-corrected chi connectivity index (χ2v) is 3.32. The summed E-state index contributed by atoms with van der Waals surface area (Å²) in [6.07, 6.45) is 0. The maximum atomic E-state index is 12.8. The molecule has 0 radical (unpaired) electrons. The van der Waals surface area contributed by atoms with Crippen LogP contribution >= 0.6 is 0 Å². The van der Waals surface area contributed by atoms with Crippen LogP contribution in [-0.2, 0) is 4.74 Å². The van der Waals surface area contributed by atoms with E-state index in [9.17, 15) is 4.39 Å². The van der Waals surface area contributed by atoms with Crippen molar-refractivity contribution in [3.05, 3.63) is 30.1 Å². The minimum absolute atomic E-state index is 0.316. The molecule has 1 aliphatic rings. The summed E-state index contributed by atoms with van der Waals surface area (Å²) >= 11 is 0. The summed E-state index contributed by atoms with van der Waals surface area (Å²) in [6.45, 7) is 0.694. The van der Waals surface area contributed by atoms with E-state index >= 15 is 0 Å². The number of halogens is 1. The molecule has 1 aromatic rings. The number of hydrogen-bond donors (Lipinski definition) is 1. The predicted octanol–water partition coefficient (Wildman–Crippen LogP) is 1.53. The Labute approximate surface area is 81.1 Å². The first kappa shape index (κ1) is 8.97. The Hall–Kier alpha value is -1.60. The summed E-state index contributed by atoms with van der Waals surface area (Å²) in [5.41, 5.74) is -0.0665. The molecule has 1 heterocycles. The van der Waals surface area contributed by atoms with Crippen LogP contribution in [0.2, 0.25) is 0 Å². The monoisotopic (exact) mass is 192 g/mol. The van der Waals surface area contributed by atoms with Crippen molar-refractivity contribution in [1.29, 1.82) is 5.26 Å². The lowest BCUT2D eigenvalue weighted by molar-refractivity contribution is -0.0132. The fourth-order valence-corrected chi connectivity index (χ4v) is 1.31. The van der Waals surface area contributed by atoms with Crippen molar-refractivity contribution in [1.82, 2.24) is 0 Å². The number of hydrogen-bond acceptors (Lipinski definition) is 3. The van der Waals surface area contributed by atoms with Gasteiger partial charge in [-0.1, -0.05) is 6.07 Å². The Balaban J connectivity index is 2.14. The van der Waals surface area contributed by atoms with Crippen LogP contribution in [0.25, 0.3) is 0 Å². The Morgan fingerprint density at radius 1 is 1.50 bits per heavy atom. The van der Waals surface area contributed by atoms with Gasteiger partial charge in [-0.2, -0.15) is 5.26 Å². The molecule has 1 saturated heterocycles. The molecule has 0 aliphatic carbocycles. The molecule has 0 bridgehead atoms. The van der Waals surface area contributed by atoms with Gasteiger partial charge in [0.1, 0.15) is 5.82 Å². The largest absolute Gasteiger partial charge is 0.374 e. The predicted molar refractivity (Wildman–Crippen MR) is 49.2 cm³/mol. The van der Waals surface area contributed by atoms with Gasteiger partial charge in [-0.15, -0.1) is 0 Å². The maximum Gasteiger partial charge on any atom is 0.172 e. The Morgan fingerprint density at radius 3 is 2.79 bits per heavy atom. The minimum atomic E-state index is -0.673. The van der Waals surface area contributed by atoms with Crippen molar-refractivity contribution in [3.63, 3.8) is 0 Å². The first-order chi connectivity index (χ1) is 6.74. The number of nitrogens with zero attached hydrogens (tertiary/aromatic N) is 1. The highest BCUT2D eigenvalue weighted by Crippen LogP contribution is 2.22. The van der Waals surface area contributed by atoms with Crippen LogP contribution < -0.4 is 5.32 Å². The van der Waals surface area contributed by atoms with Crippen molar-refractivity contribution in [2.24, 2.45) is 0 Å². The molecule has 0 aromatic heterocycles. The number of benzene rings is 1. The molecule has 0 spiro atoms. The number of nitrogens with one attached hydrogen (secondary N) is 1. The molecule has 0 unspecified atom stereocenters. The first-order valence-corrected chi connectivity index (χ1v) is 4.27. The fourth-order valence-electron chi connectivity index (χ4n) is 1.31. The van der Waals surface area contributed by atoms with E-state index in [4.69, 9.17) is 10.00 Å². The molecular formula is C10H9FN2O. The fraction of sp³-hybridized carbons (Fsp3) is 0.300. The lowest BCUT2D eigenvalue weighted by Gasteiger charge is -2.36. The zero-order valence-corrected chi connectivity index (χ0v) is 7.46. The van der Waals surface area contributed by atoms with E-state index in [1.807, 2.05) is 0 Å². The van der Waals surface area contributed by atoms with Gasteiger partial charge < -0.3 is 10.1 Å². The summed E-state index contributed by atoms with van der Waals surface area (Å²) in [6, 6.07) is 8.17. The number of ether oxygens (including phenoxy) is 1. The van der Waals surface area contributed by atoms with Gasteiger partial charge in [-0.05, 0) is 18.2 Å². The highest BCUT2D eigenvalue weighted by atomic mass is 19.1. The van der Waals surface area contributed by atoms with Gasteiger partial charge in [-0.25, -0.2) is 4.39 Å². The van der Waals surface area contributed by atoms with E-state index in [1.165, 1.54) is 12.1 Å². The van der Waals surface area contributed by atoms with Crippen molar-refractivity contribution in [2.45, 2.75) is 5.54 Å². The van der Waals surface area contributed by atoms with Crippen LogP contribution in [0.15, 0.2) is 24.3 Å². The van der Waals surface area contributed by atoms with Crippen molar-refractivity contribution in [2.75, 3.05) is 18.5 Å². The molecule has 72 valence electrons.